The largest absolute Gasteiger partial charge is 0.444 e. The topological polar surface area (TPSA) is 66.0 Å². The molecule has 1 heterocycles. The Morgan fingerprint density at radius 1 is 1.36 bits per heavy atom. The number of nitrogens with one attached hydrogen (secondary N) is 2. The molecule has 0 aliphatic rings. The molecule has 0 saturated carbocycles. The van der Waals surface area contributed by atoms with Crippen molar-refractivity contribution in [3.8, 4) is 0 Å². The zero-order valence-corrected chi connectivity index (χ0v) is 17.1. The van der Waals surface area contributed by atoms with Crippen LogP contribution in [0.5, 0.6) is 0 Å². The Kier molecular flexibility index (Phi) is 8.75. The van der Waals surface area contributed by atoms with Crippen LogP contribution in [0.25, 0.3) is 0 Å². The fraction of sp³-hybridized carbons (Fsp3) is 0.667. The third kappa shape index (κ3) is 8.77. The van der Waals surface area contributed by atoms with Crippen LogP contribution in [0.2, 0.25) is 0 Å². The van der Waals surface area contributed by atoms with Gasteiger partial charge in [-0.3, -0.25) is 4.99 Å². The Morgan fingerprint density at radius 3 is 2.60 bits per heavy atom. The van der Waals surface area contributed by atoms with Gasteiger partial charge in [0.2, 0.25) is 0 Å². The second-order valence-corrected chi connectivity index (χ2v) is 7.89. The quantitative estimate of drug-likeness (QED) is 0.439. The number of guanidine groups is 1. The third-order valence-electron chi connectivity index (χ3n) is 3.38. The summed E-state index contributed by atoms with van der Waals surface area (Å²) in [6, 6.07) is 2.19. The van der Waals surface area contributed by atoms with Crippen molar-refractivity contribution < 1.29 is 9.53 Å². The second kappa shape index (κ2) is 10.3. The zero-order chi connectivity index (χ0) is 18.9. The smallest absolute Gasteiger partial charge is 0.410 e. The number of carbonyl (C=O) groups excluding carboxylic acids is 1. The van der Waals surface area contributed by atoms with E-state index in [0.717, 1.165) is 25.5 Å². The first-order valence-electron chi connectivity index (χ1n) is 8.68. The van der Waals surface area contributed by atoms with Crippen LogP contribution in [-0.4, -0.2) is 48.7 Å². The zero-order valence-electron chi connectivity index (χ0n) is 16.3. The van der Waals surface area contributed by atoms with Crippen LogP contribution < -0.4 is 10.6 Å². The molecule has 0 fully saturated rings. The Labute approximate surface area is 155 Å². The van der Waals surface area contributed by atoms with Gasteiger partial charge in [-0.15, -0.1) is 0 Å². The predicted molar refractivity (Wildman–Crippen MR) is 105 cm³/mol. The molecule has 0 atom stereocenters. The molecule has 0 saturated heterocycles. The van der Waals surface area contributed by atoms with E-state index >= 15 is 0 Å². The van der Waals surface area contributed by atoms with Gasteiger partial charge in [0, 0.05) is 32.7 Å². The number of ether oxygens (including phenoxy) is 1. The van der Waals surface area contributed by atoms with Crippen molar-refractivity contribution in [1.82, 2.24) is 15.5 Å². The lowest BCUT2D eigenvalue weighted by atomic mass is 10.2. The van der Waals surface area contributed by atoms with Crippen molar-refractivity contribution in [1.29, 1.82) is 0 Å². The molecule has 0 unspecified atom stereocenters. The van der Waals surface area contributed by atoms with Crippen molar-refractivity contribution in [3.05, 3.63) is 22.4 Å². The van der Waals surface area contributed by atoms with Crippen LogP contribution in [0.15, 0.2) is 21.8 Å². The SMILES string of the molecule is CN=C(NCCCN(C(=O)OC(C)(C)C)C(C)C)NCc1ccsc1. The molecule has 0 spiro atoms. The summed E-state index contributed by atoms with van der Waals surface area (Å²) in [6.07, 6.45) is 0.554. The molecule has 0 radical (unpaired) electrons. The molecule has 1 amide bonds. The van der Waals surface area contributed by atoms with Gasteiger partial charge in [0.15, 0.2) is 5.96 Å². The van der Waals surface area contributed by atoms with Crippen LogP contribution in [0.4, 0.5) is 4.79 Å². The first-order valence-corrected chi connectivity index (χ1v) is 9.62. The minimum Gasteiger partial charge on any atom is -0.444 e. The highest BCUT2D eigenvalue weighted by Gasteiger charge is 2.23. The van der Waals surface area contributed by atoms with Gasteiger partial charge >= 0.3 is 6.09 Å². The van der Waals surface area contributed by atoms with Crippen molar-refractivity contribution in [2.75, 3.05) is 20.1 Å². The van der Waals surface area contributed by atoms with Crippen LogP contribution in [-0.2, 0) is 11.3 Å². The van der Waals surface area contributed by atoms with Crippen molar-refractivity contribution >= 4 is 23.4 Å². The highest BCUT2D eigenvalue weighted by Crippen LogP contribution is 2.12. The molecule has 25 heavy (non-hydrogen) atoms. The summed E-state index contributed by atoms with van der Waals surface area (Å²) in [5.41, 5.74) is 0.764. The number of thiophene rings is 1. The number of hydrogen-bond acceptors (Lipinski definition) is 4. The molecule has 0 aliphatic carbocycles. The van der Waals surface area contributed by atoms with Gasteiger partial charge < -0.3 is 20.3 Å². The normalized spacial score (nSPS) is 12.2. The lowest BCUT2D eigenvalue weighted by molar-refractivity contribution is 0.0190. The van der Waals surface area contributed by atoms with Crippen LogP contribution in [0.1, 0.15) is 46.6 Å². The summed E-state index contributed by atoms with van der Waals surface area (Å²) in [7, 11) is 1.75. The number of nitrogens with zero attached hydrogens (tertiary/aromatic N) is 2. The first kappa shape index (κ1) is 21.3. The second-order valence-electron chi connectivity index (χ2n) is 7.11. The average molecular weight is 369 g/mol. The molecule has 2 N–H and O–H groups in total. The van der Waals surface area contributed by atoms with E-state index < -0.39 is 5.60 Å². The van der Waals surface area contributed by atoms with Gasteiger partial charge in [0.25, 0.3) is 0 Å². The molecular weight excluding hydrogens is 336 g/mol. The maximum absolute atomic E-state index is 12.3. The van der Waals surface area contributed by atoms with Crippen LogP contribution in [0.3, 0.4) is 0 Å². The van der Waals surface area contributed by atoms with Gasteiger partial charge in [0.05, 0.1) is 0 Å². The van der Waals surface area contributed by atoms with Crippen molar-refractivity contribution in [2.24, 2.45) is 4.99 Å². The maximum atomic E-state index is 12.3. The molecule has 1 rings (SSSR count). The third-order valence-corrected chi connectivity index (χ3v) is 4.12. The van der Waals surface area contributed by atoms with E-state index in [1.807, 2.05) is 34.6 Å². The van der Waals surface area contributed by atoms with E-state index in [9.17, 15) is 4.79 Å². The van der Waals surface area contributed by atoms with Crippen LogP contribution in [0, 0.1) is 0 Å². The van der Waals surface area contributed by atoms with Crippen LogP contribution >= 0.6 is 11.3 Å². The average Bonchev–Trinajstić information content (AvgIpc) is 3.01. The number of rotatable bonds is 7. The Morgan fingerprint density at radius 2 is 2.08 bits per heavy atom. The summed E-state index contributed by atoms with van der Waals surface area (Å²) >= 11 is 1.68. The van der Waals surface area contributed by atoms with E-state index in [-0.39, 0.29) is 12.1 Å². The standard InChI is InChI=1S/C18H32N4O2S/c1-14(2)22(17(23)24-18(3,4)5)10-7-9-20-16(19-6)21-12-15-8-11-25-13-15/h8,11,13-14H,7,9-10,12H2,1-6H3,(H2,19,20,21). The molecule has 0 aliphatic heterocycles. The minimum atomic E-state index is -0.476. The number of hydrogen-bond donors (Lipinski definition) is 2. The van der Waals surface area contributed by atoms with Crippen molar-refractivity contribution in [3.63, 3.8) is 0 Å². The summed E-state index contributed by atoms with van der Waals surface area (Å²) in [4.78, 5) is 18.2. The molecule has 142 valence electrons. The predicted octanol–water partition coefficient (Wildman–Crippen LogP) is 3.45. The molecule has 7 heteroatoms. The van der Waals surface area contributed by atoms with Crippen molar-refractivity contribution in [2.45, 2.75) is 59.2 Å². The van der Waals surface area contributed by atoms with Gasteiger partial charge in [-0.25, -0.2) is 4.79 Å². The van der Waals surface area contributed by atoms with E-state index in [0.29, 0.717) is 6.54 Å². The molecule has 6 nitrogen and oxygen atoms in total. The summed E-state index contributed by atoms with van der Waals surface area (Å²) in [5.74, 6) is 0.763. The molecule has 0 aromatic carbocycles. The molecule has 0 bridgehead atoms. The van der Waals surface area contributed by atoms with Gasteiger partial charge in [-0.1, -0.05) is 0 Å². The minimum absolute atomic E-state index is 0.103. The van der Waals surface area contributed by atoms with E-state index in [4.69, 9.17) is 4.74 Å². The molecule has 1 aromatic rings. The Hall–Kier alpha value is -1.76. The summed E-state index contributed by atoms with van der Waals surface area (Å²) < 4.78 is 5.47. The van der Waals surface area contributed by atoms with E-state index in [2.05, 4.69) is 32.5 Å². The molecule has 1 aromatic heterocycles. The molecular formula is C18H32N4O2S. The maximum Gasteiger partial charge on any atom is 0.410 e. The van der Waals surface area contributed by atoms with Gasteiger partial charge in [-0.05, 0) is 63.4 Å². The van der Waals surface area contributed by atoms with E-state index in [1.165, 1.54) is 5.56 Å². The fourth-order valence-corrected chi connectivity index (χ4v) is 2.81. The summed E-state index contributed by atoms with van der Waals surface area (Å²) in [6.45, 7) is 11.8. The fourth-order valence-electron chi connectivity index (χ4n) is 2.14. The monoisotopic (exact) mass is 368 g/mol. The lowest BCUT2D eigenvalue weighted by Gasteiger charge is -2.30. The van der Waals surface area contributed by atoms with E-state index in [1.54, 1.807) is 23.3 Å². The van der Waals surface area contributed by atoms with Gasteiger partial charge in [-0.2, -0.15) is 11.3 Å². The highest BCUT2D eigenvalue weighted by molar-refractivity contribution is 7.07. The highest BCUT2D eigenvalue weighted by atomic mass is 32.1. The number of carbonyl (C=O) groups is 1. The number of aliphatic imine (C=N–C) groups is 1. The Bertz CT molecular complexity index is 536. The Balaban J connectivity index is 2.35. The first-order chi connectivity index (χ1) is 11.7. The van der Waals surface area contributed by atoms with Gasteiger partial charge in [0.1, 0.15) is 5.60 Å². The number of amides is 1. The summed E-state index contributed by atoms with van der Waals surface area (Å²) in [5, 5.41) is 10.7. The lowest BCUT2D eigenvalue weighted by Crippen LogP contribution is -2.43.